The molecule has 1 fully saturated rings. The van der Waals surface area contributed by atoms with Gasteiger partial charge in [-0.3, -0.25) is 0 Å². The van der Waals surface area contributed by atoms with Crippen LogP contribution in [-0.4, -0.2) is 12.4 Å². The highest BCUT2D eigenvalue weighted by molar-refractivity contribution is 8.71. The molecule has 1 atom stereocenters. The molecule has 0 bridgehead atoms. The van der Waals surface area contributed by atoms with E-state index in [9.17, 15) is 0 Å². The molecule has 12 heavy (non-hydrogen) atoms. The molecule has 1 unspecified atom stereocenters. The Balaban J connectivity index is 2.36. The summed E-state index contributed by atoms with van der Waals surface area (Å²) in [6.07, 6.45) is 0. The summed E-state index contributed by atoms with van der Waals surface area (Å²) in [5.41, 5.74) is -1.67. The van der Waals surface area contributed by atoms with Gasteiger partial charge < -0.3 is 4.52 Å². The van der Waals surface area contributed by atoms with Crippen LogP contribution >= 0.6 is 16.8 Å². The molecule has 1 nitrogen and oxygen atoms in total. The van der Waals surface area contributed by atoms with Gasteiger partial charge in [0.15, 0.2) is 0 Å². The van der Waals surface area contributed by atoms with Gasteiger partial charge >= 0.3 is 0 Å². The van der Waals surface area contributed by atoms with Crippen LogP contribution < -0.4 is 5.30 Å². The maximum atomic E-state index is 5.62. The quantitative estimate of drug-likeness (QED) is 0.667. The molecule has 1 aromatic rings. The Hall–Kier alpha value is 0.180. The average molecular weight is 216 g/mol. The second-order valence-electron chi connectivity index (χ2n) is 2.50. The lowest BCUT2D eigenvalue weighted by Gasteiger charge is -2.12. The predicted octanol–water partition coefficient (Wildman–Crippen LogP) is 2.38. The van der Waals surface area contributed by atoms with Gasteiger partial charge in [0.25, 0.3) is 0 Å². The molecule has 0 aliphatic carbocycles. The van der Waals surface area contributed by atoms with Crippen molar-refractivity contribution in [2.45, 2.75) is 0 Å². The molecule has 0 amide bonds. The van der Waals surface area contributed by atoms with Gasteiger partial charge in [-0.2, -0.15) is 0 Å². The largest absolute Gasteiger partial charge is 0.337 e. The predicted molar refractivity (Wildman–Crippen MR) is 58.8 cm³/mol. The lowest BCUT2D eigenvalue weighted by Crippen LogP contribution is -1.99. The Kier molecular flexibility index (Phi) is 2.56. The van der Waals surface area contributed by atoms with Crippen LogP contribution in [0.4, 0.5) is 0 Å². The van der Waals surface area contributed by atoms with E-state index in [4.69, 9.17) is 16.3 Å². The van der Waals surface area contributed by atoms with Crippen LogP contribution in [0.25, 0.3) is 0 Å². The van der Waals surface area contributed by atoms with Crippen molar-refractivity contribution >= 4 is 34.0 Å². The molecular weight excluding hydrogens is 207 g/mol. The maximum Gasteiger partial charge on any atom is 0.148 e. The van der Waals surface area contributed by atoms with Crippen molar-refractivity contribution in [1.29, 1.82) is 0 Å². The van der Waals surface area contributed by atoms with E-state index in [0.717, 1.165) is 12.4 Å². The minimum Gasteiger partial charge on any atom is -0.337 e. The molecule has 4 heteroatoms. The van der Waals surface area contributed by atoms with E-state index in [2.05, 4.69) is 12.1 Å². The van der Waals surface area contributed by atoms with Gasteiger partial charge in [0.05, 0.1) is 6.61 Å². The van der Waals surface area contributed by atoms with Crippen molar-refractivity contribution in [3.8, 4) is 0 Å². The van der Waals surface area contributed by atoms with Crippen LogP contribution in [0.1, 0.15) is 0 Å². The SMILES string of the molecule is S=P1(c2ccccc2)OCCS1. The summed E-state index contributed by atoms with van der Waals surface area (Å²) in [6, 6.07) is 10.2. The minimum atomic E-state index is -1.67. The first-order valence-corrected chi connectivity index (χ1v) is 8.07. The first kappa shape index (κ1) is 8.76. The monoisotopic (exact) mass is 216 g/mol. The third-order valence-electron chi connectivity index (χ3n) is 1.68. The standard InChI is InChI=1S/C8H9OPS2/c11-10(9-6-7-12-10)8-4-2-1-3-5-8/h1-5H,6-7H2. The Bertz CT molecular complexity index is 302. The maximum absolute atomic E-state index is 5.62. The van der Waals surface area contributed by atoms with Crippen LogP contribution in [0.2, 0.25) is 0 Å². The second-order valence-corrected chi connectivity index (χ2v) is 9.49. The zero-order valence-corrected chi connectivity index (χ0v) is 9.00. The molecule has 1 aliphatic rings. The third kappa shape index (κ3) is 1.60. The highest BCUT2D eigenvalue weighted by Gasteiger charge is 2.25. The Morgan fingerprint density at radius 3 is 2.67 bits per heavy atom. The lowest BCUT2D eigenvalue weighted by atomic mass is 10.4. The van der Waals surface area contributed by atoms with Crippen molar-refractivity contribution in [3.05, 3.63) is 30.3 Å². The van der Waals surface area contributed by atoms with Crippen LogP contribution in [0.3, 0.4) is 0 Å². The van der Waals surface area contributed by atoms with E-state index in [1.54, 1.807) is 11.4 Å². The van der Waals surface area contributed by atoms with Gasteiger partial charge in [0.2, 0.25) is 0 Å². The van der Waals surface area contributed by atoms with Crippen molar-refractivity contribution in [1.82, 2.24) is 0 Å². The molecule has 1 saturated heterocycles. The first-order chi connectivity index (χ1) is 5.81. The molecule has 0 spiro atoms. The molecule has 1 aliphatic heterocycles. The lowest BCUT2D eigenvalue weighted by molar-refractivity contribution is 0.402. The summed E-state index contributed by atoms with van der Waals surface area (Å²) in [5.74, 6) is 1.05. The number of benzene rings is 1. The van der Waals surface area contributed by atoms with E-state index < -0.39 is 5.47 Å². The molecule has 0 N–H and O–H groups in total. The fourth-order valence-electron chi connectivity index (χ4n) is 1.11. The van der Waals surface area contributed by atoms with Crippen molar-refractivity contribution < 1.29 is 4.52 Å². The molecule has 0 radical (unpaired) electrons. The van der Waals surface area contributed by atoms with Gasteiger partial charge in [-0.05, 0) is 0 Å². The van der Waals surface area contributed by atoms with Crippen LogP contribution in [-0.2, 0) is 16.3 Å². The minimum absolute atomic E-state index is 0.816. The zero-order chi connectivity index (χ0) is 8.44. The van der Waals surface area contributed by atoms with Crippen LogP contribution in [0, 0.1) is 0 Å². The van der Waals surface area contributed by atoms with Crippen molar-refractivity contribution in [2.75, 3.05) is 12.4 Å². The molecule has 0 aromatic heterocycles. The highest BCUT2D eigenvalue weighted by atomic mass is 32.9. The molecule has 64 valence electrons. The molecular formula is C8H9OPS2. The number of rotatable bonds is 1. The summed E-state index contributed by atoms with van der Waals surface area (Å²) >= 11 is 7.29. The van der Waals surface area contributed by atoms with Gasteiger partial charge in [-0.1, -0.05) is 53.5 Å². The molecule has 1 aromatic carbocycles. The number of hydrogen-bond acceptors (Lipinski definition) is 3. The molecule has 1 heterocycles. The third-order valence-corrected chi connectivity index (χ3v) is 8.23. The summed E-state index contributed by atoms with van der Waals surface area (Å²) in [6.45, 7) is 0.816. The Morgan fingerprint density at radius 1 is 1.33 bits per heavy atom. The second kappa shape index (κ2) is 3.51. The van der Waals surface area contributed by atoms with Crippen LogP contribution in [0.15, 0.2) is 30.3 Å². The Morgan fingerprint density at radius 2 is 2.08 bits per heavy atom. The number of hydrogen-bond donors (Lipinski definition) is 0. The Labute approximate surface area is 81.3 Å². The van der Waals surface area contributed by atoms with E-state index in [1.165, 1.54) is 5.30 Å². The van der Waals surface area contributed by atoms with E-state index >= 15 is 0 Å². The fraction of sp³-hybridized carbons (Fsp3) is 0.250. The van der Waals surface area contributed by atoms with E-state index in [0.29, 0.717) is 0 Å². The van der Waals surface area contributed by atoms with Gasteiger partial charge in [-0.15, -0.1) is 0 Å². The summed E-state index contributed by atoms with van der Waals surface area (Å²) in [4.78, 5) is 0. The van der Waals surface area contributed by atoms with E-state index in [-0.39, 0.29) is 0 Å². The van der Waals surface area contributed by atoms with Crippen molar-refractivity contribution in [2.24, 2.45) is 0 Å². The highest BCUT2D eigenvalue weighted by Crippen LogP contribution is 2.62. The molecule has 0 saturated carbocycles. The normalized spacial score (nSPS) is 29.0. The van der Waals surface area contributed by atoms with Crippen LogP contribution in [0.5, 0.6) is 0 Å². The average Bonchev–Trinajstić information content (AvgIpc) is 2.55. The van der Waals surface area contributed by atoms with Gasteiger partial charge in [-0.25, -0.2) is 0 Å². The summed E-state index contributed by atoms with van der Waals surface area (Å²) in [5, 5.41) is 1.20. The fourth-order valence-corrected chi connectivity index (χ4v) is 6.34. The first-order valence-electron chi connectivity index (χ1n) is 3.76. The summed E-state index contributed by atoms with van der Waals surface area (Å²) in [7, 11) is 0. The van der Waals surface area contributed by atoms with Crippen molar-refractivity contribution in [3.63, 3.8) is 0 Å². The van der Waals surface area contributed by atoms with Gasteiger partial charge in [0.1, 0.15) is 5.47 Å². The zero-order valence-electron chi connectivity index (χ0n) is 6.47. The summed E-state index contributed by atoms with van der Waals surface area (Å²) < 4.78 is 5.62. The smallest absolute Gasteiger partial charge is 0.148 e. The van der Waals surface area contributed by atoms with E-state index in [1.807, 2.05) is 18.2 Å². The topological polar surface area (TPSA) is 9.23 Å². The van der Waals surface area contributed by atoms with Gasteiger partial charge in [0, 0.05) is 11.1 Å². The molecule has 2 rings (SSSR count).